The number of nitrogens with zero attached hydrogens (tertiary/aromatic N) is 4. The van der Waals surface area contributed by atoms with E-state index in [1.165, 1.54) is 10.8 Å². The molecular weight excluding hydrogens is 540 g/mol. The number of fused-ring (bicyclic) bond motifs is 6. The molecule has 0 atom stereocenters. The number of hydrogen-bond acceptors (Lipinski definition) is 4. The molecule has 0 radical (unpaired) electrons. The van der Waals surface area contributed by atoms with Crippen molar-refractivity contribution in [1.29, 1.82) is 0 Å². The third kappa shape index (κ3) is 3.76. The molecular formula is C39H24N4O. The van der Waals surface area contributed by atoms with Gasteiger partial charge in [-0.15, -0.1) is 0 Å². The molecule has 0 bridgehead atoms. The van der Waals surface area contributed by atoms with Gasteiger partial charge in [-0.1, -0.05) is 115 Å². The fraction of sp³-hybridized carbons (Fsp3) is 0. The minimum absolute atomic E-state index is 0.555. The normalized spacial score (nSPS) is 11.6. The van der Waals surface area contributed by atoms with Crippen LogP contribution in [-0.2, 0) is 0 Å². The van der Waals surface area contributed by atoms with Gasteiger partial charge in [0, 0.05) is 32.7 Å². The van der Waals surface area contributed by atoms with E-state index in [1.807, 2.05) is 78.9 Å². The van der Waals surface area contributed by atoms with Crippen molar-refractivity contribution in [3.63, 3.8) is 0 Å². The van der Waals surface area contributed by atoms with Crippen LogP contribution >= 0.6 is 0 Å². The van der Waals surface area contributed by atoms with Gasteiger partial charge in [0.1, 0.15) is 11.2 Å². The molecule has 0 N–H and O–H groups in total. The van der Waals surface area contributed by atoms with Crippen molar-refractivity contribution in [3.05, 3.63) is 146 Å². The molecule has 0 saturated carbocycles. The van der Waals surface area contributed by atoms with E-state index in [-0.39, 0.29) is 0 Å². The summed E-state index contributed by atoms with van der Waals surface area (Å²) in [7, 11) is 0. The zero-order valence-electron chi connectivity index (χ0n) is 23.6. The number of rotatable bonds is 4. The van der Waals surface area contributed by atoms with Crippen molar-refractivity contribution in [1.82, 2.24) is 19.5 Å². The van der Waals surface area contributed by atoms with Crippen LogP contribution in [0.3, 0.4) is 0 Å². The lowest BCUT2D eigenvalue weighted by Crippen LogP contribution is -2.04. The first-order valence-corrected chi connectivity index (χ1v) is 14.6. The summed E-state index contributed by atoms with van der Waals surface area (Å²) >= 11 is 0. The summed E-state index contributed by atoms with van der Waals surface area (Å²) in [6.07, 6.45) is 0. The van der Waals surface area contributed by atoms with Crippen molar-refractivity contribution >= 4 is 43.7 Å². The van der Waals surface area contributed by atoms with Crippen LogP contribution < -0.4 is 0 Å². The molecule has 0 amide bonds. The van der Waals surface area contributed by atoms with Crippen LogP contribution in [0.1, 0.15) is 0 Å². The third-order valence-electron chi connectivity index (χ3n) is 8.27. The fourth-order valence-electron chi connectivity index (χ4n) is 6.28. The second kappa shape index (κ2) is 9.75. The second-order valence-corrected chi connectivity index (χ2v) is 10.8. The standard InChI is InChI=1S/C39H24N4O/c1-3-13-25(14-4-1)37-40-38(26-15-5-2-6-16-26)42-39(41-37)35-33(24-23-30-29-19-9-12-22-34(29)44-36(30)35)43-31-20-10-7-17-27(31)28-18-8-11-21-32(28)43/h1-24H. The molecule has 0 aliphatic heterocycles. The third-order valence-corrected chi connectivity index (χ3v) is 8.27. The Morgan fingerprint density at radius 3 is 1.52 bits per heavy atom. The first-order chi connectivity index (χ1) is 21.8. The molecule has 206 valence electrons. The van der Waals surface area contributed by atoms with E-state index in [4.69, 9.17) is 19.4 Å². The van der Waals surface area contributed by atoms with Gasteiger partial charge in [-0.3, -0.25) is 0 Å². The molecule has 3 aromatic heterocycles. The zero-order valence-corrected chi connectivity index (χ0v) is 23.6. The fourth-order valence-corrected chi connectivity index (χ4v) is 6.28. The SMILES string of the molecule is c1ccc(-c2nc(-c3ccccc3)nc(-c3c(-n4c5ccccc5c5ccccc54)ccc4c3oc3ccccc34)n2)cc1. The lowest BCUT2D eigenvalue weighted by atomic mass is 10.1. The summed E-state index contributed by atoms with van der Waals surface area (Å²) in [6.45, 7) is 0. The van der Waals surface area contributed by atoms with Crippen LogP contribution in [0, 0.1) is 0 Å². The molecule has 9 aromatic rings. The highest BCUT2D eigenvalue weighted by Gasteiger charge is 2.24. The molecule has 0 fully saturated rings. The summed E-state index contributed by atoms with van der Waals surface area (Å²) < 4.78 is 8.98. The maximum absolute atomic E-state index is 6.68. The minimum atomic E-state index is 0.555. The van der Waals surface area contributed by atoms with Crippen molar-refractivity contribution in [2.45, 2.75) is 0 Å². The Balaban J connectivity index is 1.44. The number of benzene rings is 6. The molecule has 0 saturated heterocycles. The highest BCUT2D eigenvalue weighted by Crippen LogP contribution is 2.42. The van der Waals surface area contributed by atoms with Crippen LogP contribution in [0.2, 0.25) is 0 Å². The van der Waals surface area contributed by atoms with E-state index in [9.17, 15) is 0 Å². The van der Waals surface area contributed by atoms with Crippen molar-refractivity contribution in [2.75, 3.05) is 0 Å². The molecule has 9 rings (SSSR count). The molecule has 3 heterocycles. The van der Waals surface area contributed by atoms with Crippen molar-refractivity contribution < 1.29 is 4.42 Å². The molecule has 5 heteroatoms. The zero-order chi connectivity index (χ0) is 29.0. The number of para-hydroxylation sites is 3. The van der Waals surface area contributed by atoms with Crippen LogP contribution in [0.25, 0.3) is 83.6 Å². The quantitative estimate of drug-likeness (QED) is 0.213. The monoisotopic (exact) mass is 564 g/mol. The Labute approximate surface area is 252 Å². The van der Waals surface area contributed by atoms with Gasteiger partial charge in [0.25, 0.3) is 0 Å². The first kappa shape index (κ1) is 24.5. The van der Waals surface area contributed by atoms with E-state index in [0.29, 0.717) is 17.5 Å². The maximum Gasteiger partial charge on any atom is 0.170 e. The lowest BCUT2D eigenvalue weighted by molar-refractivity contribution is 0.669. The van der Waals surface area contributed by atoms with E-state index in [2.05, 4.69) is 71.3 Å². The summed E-state index contributed by atoms with van der Waals surface area (Å²) in [5.74, 6) is 1.77. The topological polar surface area (TPSA) is 56.7 Å². The molecule has 0 spiro atoms. The lowest BCUT2D eigenvalue weighted by Gasteiger charge is -2.15. The van der Waals surface area contributed by atoms with Gasteiger partial charge < -0.3 is 8.98 Å². The highest BCUT2D eigenvalue weighted by atomic mass is 16.3. The number of furan rings is 1. The number of aromatic nitrogens is 4. The predicted octanol–water partition coefficient (Wildman–Crippen LogP) is 9.87. The van der Waals surface area contributed by atoms with Gasteiger partial charge in [0.15, 0.2) is 17.5 Å². The van der Waals surface area contributed by atoms with Crippen molar-refractivity contribution in [2.24, 2.45) is 0 Å². The average molecular weight is 565 g/mol. The van der Waals surface area contributed by atoms with Gasteiger partial charge in [0.2, 0.25) is 0 Å². The van der Waals surface area contributed by atoms with Gasteiger partial charge in [-0.05, 0) is 30.3 Å². The molecule has 5 nitrogen and oxygen atoms in total. The van der Waals surface area contributed by atoms with Gasteiger partial charge in [-0.2, -0.15) is 0 Å². The first-order valence-electron chi connectivity index (χ1n) is 14.6. The van der Waals surface area contributed by atoms with E-state index < -0.39 is 0 Å². The van der Waals surface area contributed by atoms with Gasteiger partial charge in [0.05, 0.1) is 22.3 Å². The Bertz CT molecular complexity index is 2380. The van der Waals surface area contributed by atoms with E-state index >= 15 is 0 Å². The second-order valence-electron chi connectivity index (χ2n) is 10.8. The van der Waals surface area contributed by atoms with Crippen LogP contribution in [-0.4, -0.2) is 19.5 Å². The van der Waals surface area contributed by atoms with Crippen LogP contribution in [0.15, 0.2) is 150 Å². The van der Waals surface area contributed by atoms with Crippen LogP contribution in [0.4, 0.5) is 0 Å². The van der Waals surface area contributed by atoms with Gasteiger partial charge >= 0.3 is 0 Å². The molecule has 0 aliphatic carbocycles. The molecule has 44 heavy (non-hydrogen) atoms. The summed E-state index contributed by atoms with van der Waals surface area (Å²) in [5.41, 5.74) is 7.38. The van der Waals surface area contributed by atoms with Crippen molar-refractivity contribution in [3.8, 4) is 39.9 Å². The Kier molecular flexibility index (Phi) is 5.43. The smallest absolute Gasteiger partial charge is 0.170 e. The number of hydrogen-bond donors (Lipinski definition) is 0. The largest absolute Gasteiger partial charge is 0.455 e. The van der Waals surface area contributed by atoms with Gasteiger partial charge in [-0.25, -0.2) is 15.0 Å². The van der Waals surface area contributed by atoms with Crippen LogP contribution in [0.5, 0.6) is 0 Å². The maximum atomic E-state index is 6.68. The Morgan fingerprint density at radius 2 is 0.909 bits per heavy atom. The van der Waals surface area contributed by atoms with E-state index in [1.54, 1.807) is 0 Å². The van der Waals surface area contributed by atoms with E-state index in [0.717, 1.165) is 55.3 Å². The Hall–Kier alpha value is -6.07. The highest BCUT2D eigenvalue weighted by molar-refractivity contribution is 6.13. The molecule has 6 aromatic carbocycles. The average Bonchev–Trinajstić information content (AvgIpc) is 3.64. The molecule has 0 aliphatic rings. The minimum Gasteiger partial charge on any atom is -0.455 e. The predicted molar refractivity (Wildman–Crippen MR) is 178 cm³/mol. The summed E-state index contributed by atoms with van der Waals surface area (Å²) in [5, 5.41) is 4.44. The summed E-state index contributed by atoms with van der Waals surface area (Å²) in [4.78, 5) is 15.3. The Morgan fingerprint density at radius 1 is 0.409 bits per heavy atom. The summed E-state index contributed by atoms with van der Waals surface area (Å²) in [6, 6.07) is 49.7. The molecule has 0 unspecified atom stereocenters.